The molecule has 5 nitrogen and oxygen atoms in total. The maximum atomic E-state index is 11.8. The van der Waals surface area contributed by atoms with Crippen molar-refractivity contribution < 1.29 is 14.3 Å². The molecule has 0 unspecified atom stereocenters. The number of rotatable bonds is 4. The van der Waals surface area contributed by atoms with Crippen LogP contribution in [0.3, 0.4) is 0 Å². The maximum Gasteiger partial charge on any atom is 0.337 e. The lowest BCUT2D eigenvalue weighted by atomic mass is 10.1. The first kappa shape index (κ1) is 16.3. The standard InChI is InChI=1S/C18H18N2O3/c1-13-5-3-4-6-14(13)11-12-19-18(22)20-16-9-7-15(8-10-16)17(21)23-2/h3-12H,1-2H3,(H2,19,20,22)/b12-11+. The molecule has 0 saturated heterocycles. The van der Waals surface area contributed by atoms with Crippen LogP contribution in [0.2, 0.25) is 0 Å². The summed E-state index contributed by atoms with van der Waals surface area (Å²) in [5.74, 6) is -0.415. The predicted molar refractivity (Wildman–Crippen MR) is 90.1 cm³/mol. The highest BCUT2D eigenvalue weighted by molar-refractivity contribution is 5.92. The number of carbonyl (C=O) groups excluding carboxylic acids is 2. The van der Waals surface area contributed by atoms with Gasteiger partial charge in [0, 0.05) is 11.9 Å². The summed E-state index contributed by atoms with van der Waals surface area (Å²) in [6.07, 6.45) is 3.41. The van der Waals surface area contributed by atoms with Crippen molar-refractivity contribution in [2.45, 2.75) is 6.92 Å². The van der Waals surface area contributed by atoms with Gasteiger partial charge in [-0.3, -0.25) is 0 Å². The number of anilines is 1. The van der Waals surface area contributed by atoms with E-state index in [1.54, 1.807) is 30.5 Å². The van der Waals surface area contributed by atoms with Crippen molar-refractivity contribution >= 4 is 23.8 Å². The van der Waals surface area contributed by atoms with Gasteiger partial charge in [-0.1, -0.05) is 24.3 Å². The van der Waals surface area contributed by atoms with E-state index in [0.29, 0.717) is 11.3 Å². The van der Waals surface area contributed by atoms with Crippen LogP contribution in [0, 0.1) is 6.92 Å². The topological polar surface area (TPSA) is 67.4 Å². The molecule has 118 valence electrons. The third kappa shape index (κ3) is 4.71. The lowest BCUT2D eigenvalue weighted by molar-refractivity contribution is 0.0601. The van der Waals surface area contributed by atoms with E-state index in [-0.39, 0.29) is 6.03 Å². The van der Waals surface area contributed by atoms with E-state index in [4.69, 9.17) is 0 Å². The third-order valence-electron chi connectivity index (χ3n) is 3.23. The molecule has 0 saturated carbocycles. The van der Waals surface area contributed by atoms with Crippen LogP contribution in [-0.4, -0.2) is 19.1 Å². The van der Waals surface area contributed by atoms with Gasteiger partial charge in [0.15, 0.2) is 0 Å². The van der Waals surface area contributed by atoms with Gasteiger partial charge < -0.3 is 15.4 Å². The summed E-state index contributed by atoms with van der Waals surface area (Å²) in [6.45, 7) is 2.00. The van der Waals surface area contributed by atoms with Crippen LogP contribution < -0.4 is 10.6 Å². The van der Waals surface area contributed by atoms with E-state index in [2.05, 4.69) is 15.4 Å². The molecule has 0 fully saturated rings. The number of hydrogen-bond donors (Lipinski definition) is 2. The van der Waals surface area contributed by atoms with Crippen LogP contribution in [0.1, 0.15) is 21.5 Å². The molecular weight excluding hydrogens is 292 g/mol. The van der Waals surface area contributed by atoms with Crippen LogP contribution in [0.5, 0.6) is 0 Å². The molecule has 0 radical (unpaired) electrons. The number of esters is 1. The Morgan fingerprint density at radius 3 is 2.39 bits per heavy atom. The van der Waals surface area contributed by atoms with Crippen LogP contribution in [0.4, 0.5) is 10.5 Å². The zero-order valence-electron chi connectivity index (χ0n) is 13.0. The number of urea groups is 1. The average Bonchev–Trinajstić information content (AvgIpc) is 2.56. The molecule has 0 bridgehead atoms. The highest BCUT2D eigenvalue weighted by atomic mass is 16.5. The van der Waals surface area contributed by atoms with Crippen molar-refractivity contribution in [1.29, 1.82) is 0 Å². The number of benzene rings is 2. The van der Waals surface area contributed by atoms with Crippen molar-refractivity contribution in [3.05, 3.63) is 71.4 Å². The Kier molecular flexibility index (Phi) is 5.52. The minimum absolute atomic E-state index is 0.361. The fourth-order valence-corrected chi connectivity index (χ4v) is 1.96. The summed E-state index contributed by atoms with van der Waals surface area (Å²) in [6, 6.07) is 14.0. The predicted octanol–water partition coefficient (Wildman–Crippen LogP) is 3.57. The molecule has 0 aliphatic carbocycles. The summed E-state index contributed by atoms with van der Waals surface area (Å²) in [5.41, 5.74) is 3.18. The second-order valence-electron chi connectivity index (χ2n) is 4.86. The van der Waals surface area contributed by atoms with Crippen LogP contribution in [-0.2, 0) is 4.74 Å². The van der Waals surface area contributed by atoms with E-state index < -0.39 is 5.97 Å². The van der Waals surface area contributed by atoms with Crippen molar-refractivity contribution in [3.8, 4) is 0 Å². The van der Waals surface area contributed by atoms with Gasteiger partial charge in [0.1, 0.15) is 0 Å². The van der Waals surface area contributed by atoms with Gasteiger partial charge in [-0.05, 0) is 48.4 Å². The lowest BCUT2D eigenvalue weighted by Gasteiger charge is -2.05. The molecule has 0 aromatic heterocycles. The van der Waals surface area contributed by atoms with Gasteiger partial charge >= 0.3 is 12.0 Å². The molecule has 0 heterocycles. The Morgan fingerprint density at radius 2 is 1.74 bits per heavy atom. The minimum Gasteiger partial charge on any atom is -0.465 e. The molecule has 2 N–H and O–H groups in total. The Morgan fingerprint density at radius 1 is 1.04 bits per heavy atom. The van der Waals surface area contributed by atoms with Gasteiger partial charge in [0.05, 0.1) is 12.7 Å². The molecule has 0 aliphatic heterocycles. The molecule has 0 aliphatic rings. The molecule has 2 rings (SSSR count). The van der Waals surface area contributed by atoms with Gasteiger partial charge in [-0.15, -0.1) is 0 Å². The normalized spacial score (nSPS) is 10.3. The van der Waals surface area contributed by atoms with E-state index in [0.717, 1.165) is 11.1 Å². The molecule has 23 heavy (non-hydrogen) atoms. The average molecular weight is 310 g/mol. The van der Waals surface area contributed by atoms with E-state index in [1.807, 2.05) is 37.3 Å². The number of nitrogens with one attached hydrogen (secondary N) is 2. The van der Waals surface area contributed by atoms with Crippen molar-refractivity contribution in [2.75, 3.05) is 12.4 Å². The van der Waals surface area contributed by atoms with Gasteiger partial charge in [0.2, 0.25) is 0 Å². The number of ether oxygens (including phenoxy) is 1. The van der Waals surface area contributed by atoms with E-state index >= 15 is 0 Å². The van der Waals surface area contributed by atoms with Crippen LogP contribution >= 0.6 is 0 Å². The summed E-state index contributed by atoms with van der Waals surface area (Å²) in [7, 11) is 1.32. The molecule has 0 atom stereocenters. The zero-order valence-corrected chi connectivity index (χ0v) is 13.0. The van der Waals surface area contributed by atoms with Crippen molar-refractivity contribution in [1.82, 2.24) is 5.32 Å². The second kappa shape index (κ2) is 7.79. The third-order valence-corrected chi connectivity index (χ3v) is 3.23. The van der Waals surface area contributed by atoms with Crippen LogP contribution in [0.15, 0.2) is 54.7 Å². The number of methoxy groups -OCH3 is 1. The Labute approximate surface area is 135 Å². The van der Waals surface area contributed by atoms with E-state index in [1.165, 1.54) is 7.11 Å². The molecule has 5 heteroatoms. The minimum atomic E-state index is -0.415. The van der Waals surface area contributed by atoms with Gasteiger partial charge in [-0.2, -0.15) is 0 Å². The smallest absolute Gasteiger partial charge is 0.337 e. The zero-order chi connectivity index (χ0) is 16.7. The molecule has 2 amide bonds. The maximum absolute atomic E-state index is 11.8. The quantitative estimate of drug-likeness (QED) is 0.848. The summed E-state index contributed by atoms with van der Waals surface area (Å²) in [5, 5.41) is 5.31. The van der Waals surface area contributed by atoms with Crippen LogP contribution in [0.25, 0.3) is 6.08 Å². The largest absolute Gasteiger partial charge is 0.465 e. The highest BCUT2D eigenvalue weighted by Crippen LogP contribution is 2.10. The number of carbonyl (C=O) groups is 2. The Bertz CT molecular complexity index is 721. The van der Waals surface area contributed by atoms with Crippen molar-refractivity contribution in [2.24, 2.45) is 0 Å². The summed E-state index contributed by atoms with van der Waals surface area (Å²) in [4.78, 5) is 23.1. The molecule has 2 aromatic carbocycles. The number of hydrogen-bond acceptors (Lipinski definition) is 3. The summed E-state index contributed by atoms with van der Waals surface area (Å²) >= 11 is 0. The first-order chi connectivity index (χ1) is 11.1. The fraction of sp³-hybridized carbons (Fsp3) is 0.111. The van der Waals surface area contributed by atoms with Gasteiger partial charge in [-0.25, -0.2) is 9.59 Å². The van der Waals surface area contributed by atoms with Gasteiger partial charge in [0.25, 0.3) is 0 Å². The highest BCUT2D eigenvalue weighted by Gasteiger charge is 2.05. The lowest BCUT2D eigenvalue weighted by Crippen LogP contribution is -2.23. The molecule has 0 spiro atoms. The SMILES string of the molecule is COC(=O)c1ccc(NC(=O)N/C=C/c2ccccc2C)cc1. The number of amides is 2. The fourth-order valence-electron chi connectivity index (χ4n) is 1.96. The first-order valence-corrected chi connectivity index (χ1v) is 7.08. The first-order valence-electron chi connectivity index (χ1n) is 7.08. The second-order valence-corrected chi connectivity index (χ2v) is 4.86. The Balaban J connectivity index is 1.90. The summed E-state index contributed by atoms with van der Waals surface area (Å²) < 4.78 is 4.61. The van der Waals surface area contributed by atoms with Crippen molar-refractivity contribution in [3.63, 3.8) is 0 Å². The molecular formula is C18H18N2O3. The number of aryl methyl sites for hydroxylation is 1. The molecule has 2 aromatic rings. The van der Waals surface area contributed by atoms with E-state index in [9.17, 15) is 9.59 Å². The monoisotopic (exact) mass is 310 g/mol. The Hall–Kier alpha value is -3.08.